The minimum absolute atomic E-state index is 0.444. The van der Waals surface area contributed by atoms with E-state index in [1.807, 2.05) is 24.3 Å². The van der Waals surface area contributed by atoms with Crippen molar-refractivity contribution in [3.8, 4) is 5.75 Å². The van der Waals surface area contributed by atoms with Crippen LogP contribution in [0, 0.1) is 0 Å². The molecule has 4 nitrogen and oxygen atoms in total. The highest BCUT2D eigenvalue weighted by molar-refractivity contribution is 7.99. The Morgan fingerprint density at radius 3 is 2.68 bits per heavy atom. The Balaban J connectivity index is 2.31. The summed E-state index contributed by atoms with van der Waals surface area (Å²) in [6.07, 6.45) is 0. The van der Waals surface area contributed by atoms with Gasteiger partial charge in [0.1, 0.15) is 5.75 Å². The fourth-order valence-corrected chi connectivity index (χ4v) is 2.52. The van der Waals surface area contributed by atoms with Crippen LogP contribution < -0.4 is 16.2 Å². The third-order valence-corrected chi connectivity index (χ3v) is 3.63. The van der Waals surface area contributed by atoms with Crippen LogP contribution in [-0.2, 0) is 0 Å². The van der Waals surface area contributed by atoms with Gasteiger partial charge in [0.05, 0.1) is 7.11 Å². The quantitative estimate of drug-likeness (QED) is 0.840. The lowest BCUT2D eigenvalue weighted by Crippen LogP contribution is -2.11. The molecule has 5 heteroatoms. The van der Waals surface area contributed by atoms with E-state index in [1.165, 1.54) is 11.8 Å². The average Bonchev–Trinajstić information content (AvgIpc) is 2.41. The van der Waals surface area contributed by atoms with Crippen molar-refractivity contribution in [2.75, 3.05) is 12.8 Å². The van der Waals surface area contributed by atoms with Gasteiger partial charge >= 0.3 is 0 Å². The largest absolute Gasteiger partial charge is 0.497 e. The van der Waals surface area contributed by atoms with Gasteiger partial charge in [0.25, 0.3) is 0 Å². The highest BCUT2D eigenvalue weighted by atomic mass is 32.2. The molecule has 0 aliphatic rings. The zero-order chi connectivity index (χ0) is 13.8. The predicted octanol–water partition coefficient (Wildman–Crippen LogP) is 2.53. The molecule has 0 aliphatic carbocycles. The van der Waals surface area contributed by atoms with Crippen LogP contribution in [0.5, 0.6) is 5.75 Å². The number of benzene rings is 2. The number of carbonyl (C=O) groups is 1. The number of anilines is 1. The fraction of sp³-hybridized carbons (Fsp3) is 0.0714. The van der Waals surface area contributed by atoms with Crippen molar-refractivity contribution in [2.24, 2.45) is 5.73 Å². The summed E-state index contributed by atoms with van der Waals surface area (Å²) < 4.78 is 5.17. The van der Waals surface area contributed by atoms with Gasteiger partial charge in [-0.1, -0.05) is 17.8 Å². The van der Waals surface area contributed by atoms with Crippen molar-refractivity contribution >= 4 is 23.4 Å². The normalized spacial score (nSPS) is 10.2. The SMILES string of the molecule is COc1cccc(Sc2cc(C(N)=O)ccc2N)c1. The summed E-state index contributed by atoms with van der Waals surface area (Å²) in [5.74, 6) is 0.308. The Morgan fingerprint density at radius 2 is 2.00 bits per heavy atom. The lowest BCUT2D eigenvalue weighted by Gasteiger charge is -2.08. The fourth-order valence-electron chi connectivity index (χ4n) is 1.57. The molecule has 0 bridgehead atoms. The van der Waals surface area contributed by atoms with E-state index in [4.69, 9.17) is 16.2 Å². The first-order valence-electron chi connectivity index (χ1n) is 5.61. The van der Waals surface area contributed by atoms with E-state index in [0.29, 0.717) is 11.3 Å². The van der Waals surface area contributed by atoms with E-state index in [2.05, 4.69) is 0 Å². The molecule has 2 aromatic rings. The average molecular weight is 274 g/mol. The third kappa shape index (κ3) is 3.20. The maximum atomic E-state index is 11.2. The minimum Gasteiger partial charge on any atom is -0.497 e. The molecule has 0 saturated heterocycles. The molecule has 0 spiro atoms. The molecule has 0 aromatic heterocycles. The van der Waals surface area contributed by atoms with Crippen LogP contribution in [0.1, 0.15) is 10.4 Å². The van der Waals surface area contributed by atoms with Crippen LogP contribution in [0.15, 0.2) is 52.3 Å². The second-order valence-corrected chi connectivity index (χ2v) is 5.01. The summed E-state index contributed by atoms with van der Waals surface area (Å²) in [4.78, 5) is 12.9. The van der Waals surface area contributed by atoms with E-state index < -0.39 is 5.91 Å². The number of amides is 1. The first-order valence-corrected chi connectivity index (χ1v) is 6.43. The minimum atomic E-state index is -0.465. The zero-order valence-corrected chi connectivity index (χ0v) is 11.2. The highest BCUT2D eigenvalue weighted by Crippen LogP contribution is 2.34. The van der Waals surface area contributed by atoms with E-state index in [9.17, 15) is 4.79 Å². The van der Waals surface area contributed by atoms with E-state index >= 15 is 0 Å². The number of carbonyl (C=O) groups excluding carboxylic acids is 1. The number of nitrogens with two attached hydrogens (primary N) is 2. The summed E-state index contributed by atoms with van der Waals surface area (Å²) in [6, 6.07) is 12.6. The van der Waals surface area contributed by atoms with Gasteiger partial charge in [-0.3, -0.25) is 4.79 Å². The first kappa shape index (κ1) is 13.3. The number of rotatable bonds is 4. The number of primary amides is 1. The van der Waals surface area contributed by atoms with Crippen molar-refractivity contribution < 1.29 is 9.53 Å². The molecule has 4 N–H and O–H groups in total. The molecule has 98 valence electrons. The van der Waals surface area contributed by atoms with Crippen LogP contribution in [0.25, 0.3) is 0 Å². The van der Waals surface area contributed by atoms with Crippen LogP contribution in [0.4, 0.5) is 5.69 Å². The number of hydrogen-bond donors (Lipinski definition) is 2. The monoisotopic (exact) mass is 274 g/mol. The van der Waals surface area contributed by atoms with Gasteiger partial charge in [-0.2, -0.15) is 0 Å². The van der Waals surface area contributed by atoms with Gasteiger partial charge < -0.3 is 16.2 Å². The summed E-state index contributed by atoms with van der Waals surface area (Å²) >= 11 is 1.46. The summed E-state index contributed by atoms with van der Waals surface area (Å²) in [5, 5.41) is 0. The summed E-state index contributed by atoms with van der Waals surface area (Å²) in [7, 11) is 1.62. The molecule has 0 heterocycles. The number of nitrogen functional groups attached to an aromatic ring is 1. The molecular weight excluding hydrogens is 260 g/mol. The molecule has 0 fully saturated rings. The topological polar surface area (TPSA) is 78.3 Å². The first-order chi connectivity index (χ1) is 9.10. The Hall–Kier alpha value is -2.14. The van der Waals surface area contributed by atoms with Crippen molar-refractivity contribution in [1.29, 1.82) is 0 Å². The molecule has 2 rings (SSSR count). The highest BCUT2D eigenvalue weighted by Gasteiger charge is 2.07. The summed E-state index contributed by atoms with van der Waals surface area (Å²) in [5.41, 5.74) is 12.2. The smallest absolute Gasteiger partial charge is 0.248 e. The lowest BCUT2D eigenvalue weighted by atomic mass is 10.2. The van der Waals surface area contributed by atoms with Crippen LogP contribution in [0.2, 0.25) is 0 Å². The standard InChI is InChI=1S/C14H14N2O2S/c1-18-10-3-2-4-11(8-10)19-13-7-9(14(16)17)5-6-12(13)15/h2-8H,15H2,1H3,(H2,16,17). The number of methoxy groups -OCH3 is 1. The Bertz CT molecular complexity index is 614. The predicted molar refractivity (Wildman–Crippen MR) is 76.5 cm³/mol. The number of hydrogen-bond acceptors (Lipinski definition) is 4. The van der Waals surface area contributed by atoms with Crippen LogP contribution in [0.3, 0.4) is 0 Å². The molecule has 0 aliphatic heterocycles. The van der Waals surface area contributed by atoms with Crippen LogP contribution >= 0.6 is 11.8 Å². The maximum Gasteiger partial charge on any atom is 0.248 e. The van der Waals surface area contributed by atoms with Crippen molar-refractivity contribution in [1.82, 2.24) is 0 Å². The Kier molecular flexibility index (Phi) is 3.97. The van der Waals surface area contributed by atoms with Gasteiger partial charge in [0.2, 0.25) is 5.91 Å². The molecule has 0 radical (unpaired) electrons. The zero-order valence-electron chi connectivity index (χ0n) is 10.4. The van der Waals surface area contributed by atoms with Gasteiger partial charge in [-0.15, -0.1) is 0 Å². The Labute approximate surface area is 115 Å². The van der Waals surface area contributed by atoms with Gasteiger partial charge in [0, 0.05) is 21.0 Å². The molecule has 0 unspecified atom stereocenters. The van der Waals surface area contributed by atoms with E-state index in [0.717, 1.165) is 15.5 Å². The molecule has 2 aromatic carbocycles. The van der Waals surface area contributed by atoms with E-state index in [-0.39, 0.29) is 0 Å². The number of ether oxygens (including phenoxy) is 1. The van der Waals surface area contributed by atoms with Crippen LogP contribution in [-0.4, -0.2) is 13.0 Å². The summed E-state index contributed by atoms with van der Waals surface area (Å²) in [6.45, 7) is 0. The molecule has 0 saturated carbocycles. The van der Waals surface area contributed by atoms with Gasteiger partial charge in [-0.25, -0.2) is 0 Å². The van der Waals surface area contributed by atoms with E-state index in [1.54, 1.807) is 25.3 Å². The van der Waals surface area contributed by atoms with Crippen molar-refractivity contribution in [3.63, 3.8) is 0 Å². The third-order valence-electron chi connectivity index (χ3n) is 2.57. The second kappa shape index (κ2) is 5.67. The van der Waals surface area contributed by atoms with Gasteiger partial charge in [0.15, 0.2) is 0 Å². The van der Waals surface area contributed by atoms with Crippen molar-refractivity contribution in [2.45, 2.75) is 9.79 Å². The second-order valence-electron chi connectivity index (χ2n) is 3.90. The van der Waals surface area contributed by atoms with Gasteiger partial charge in [-0.05, 0) is 36.4 Å². The molecule has 0 atom stereocenters. The molecule has 1 amide bonds. The lowest BCUT2D eigenvalue weighted by molar-refractivity contribution is 0.1000. The maximum absolute atomic E-state index is 11.2. The molecular formula is C14H14N2O2S. The molecule has 19 heavy (non-hydrogen) atoms. The van der Waals surface area contributed by atoms with Crippen molar-refractivity contribution in [3.05, 3.63) is 48.0 Å². The Morgan fingerprint density at radius 1 is 1.21 bits per heavy atom.